The SMILES string of the molecule is O=C(O)[C@@H]1[C@H]2C[C@@H]([C@@H]1C(=O)O)[C@@H](O)C2. The summed E-state index contributed by atoms with van der Waals surface area (Å²) in [6, 6.07) is 0. The summed E-state index contributed by atoms with van der Waals surface area (Å²) in [6.45, 7) is 0. The van der Waals surface area contributed by atoms with Gasteiger partial charge in [0.25, 0.3) is 0 Å². The normalized spacial score (nSPS) is 45.4. The molecule has 0 aromatic carbocycles. The van der Waals surface area contributed by atoms with E-state index in [1.165, 1.54) is 0 Å². The zero-order chi connectivity index (χ0) is 10.5. The molecule has 2 saturated carbocycles. The van der Waals surface area contributed by atoms with Crippen LogP contribution >= 0.6 is 0 Å². The number of hydrogen-bond donors (Lipinski definition) is 3. The summed E-state index contributed by atoms with van der Waals surface area (Å²) in [5.41, 5.74) is 0. The minimum absolute atomic E-state index is 0.159. The maximum atomic E-state index is 10.9. The molecule has 0 unspecified atom stereocenters. The number of rotatable bonds is 2. The summed E-state index contributed by atoms with van der Waals surface area (Å²) in [4.78, 5) is 21.7. The second-order valence-corrected chi connectivity index (χ2v) is 4.19. The third-order valence-electron chi connectivity index (χ3n) is 3.54. The maximum absolute atomic E-state index is 10.9. The number of carboxylic acids is 2. The van der Waals surface area contributed by atoms with Crippen LogP contribution in [-0.4, -0.2) is 33.4 Å². The molecular weight excluding hydrogens is 188 g/mol. The average molecular weight is 200 g/mol. The van der Waals surface area contributed by atoms with Gasteiger partial charge in [-0.1, -0.05) is 0 Å². The third kappa shape index (κ3) is 1.12. The molecule has 3 N–H and O–H groups in total. The maximum Gasteiger partial charge on any atom is 0.307 e. The van der Waals surface area contributed by atoms with E-state index in [1.54, 1.807) is 0 Å². The summed E-state index contributed by atoms with van der Waals surface area (Å²) in [6.07, 6.45) is 0.345. The van der Waals surface area contributed by atoms with E-state index in [2.05, 4.69) is 0 Å². The molecule has 2 aliphatic carbocycles. The van der Waals surface area contributed by atoms with Crippen molar-refractivity contribution >= 4 is 11.9 Å². The number of aliphatic hydroxyl groups is 1. The third-order valence-corrected chi connectivity index (χ3v) is 3.54. The van der Waals surface area contributed by atoms with Crippen molar-refractivity contribution in [1.82, 2.24) is 0 Å². The fraction of sp³-hybridized carbons (Fsp3) is 0.778. The lowest BCUT2D eigenvalue weighted by Crippen LogP contribution is -2.39. The summed E-state index contributed by atoms with van der Waals surface area (Å²) < 4.78 is 0. The fourth-order valence-electron chi connectivity index (χ4n) is 3.02. The van der Waals surface area contributed by atoms with Gasteiger partial charge >= 0.3 is 11.9 Å². The van der Waals surface area contributed by atoms with Gasteiger partial charge in [-0.15, -0.1) is 0 Å². The molecule has 2 fully saturated rings. The topological polar surface area (TPSA) is 94.8 Å². The van der Waals surface area contributed by atoms with Gasteiger partial charge in [-0.3, -0.25) is 9.59 Å². The van der Waals surface area contributed by atoms with Crippen LogP contribution in [0.5, 0.6) is 0 Å². The van der Waals surface area contributed by atoms with E-state index >= 15 is 0 Å². The van der Waals surface area contributed by atoms with Gasteiger partial charge < -0.3 is 15.3 Å². The molecule has 14 heavy (non-hydrogen) atoms. The largest absolute Gasteiger partial charge is 0.481 e. The van der Waals surface area contributed by atoms with Crippen molar-refractivity contribution in [3.63, 3.8) is 0 Å². The molecule has 5 nitrogen and oxygen atoms in total. The second kappa shape index (κ2) is 2.95. The van der Waals surface area contributed by atoms with E-state index in [1.807, 2.05) is 0 Å². The first-order valence-corrected chi connectivity index (χ1v) is 4.66. The molecule has 0 aromatic heterocycles. The van der Waals surface area contributed by atoms with Crippen molar-refractivity contribution in [1.29, 1.82) is 0 Å². The van der Waals surface area contributed by atoms with Gasteiger partial charge in [0.1, 0.15) is 0 Å². The summed E-state index contributed by atoms with van der Waals surface area (Å²) in [5.74, 6) is -4.37. The van der Waals surface area contributed by atoms with Crippen LogP contribution in [-0.2, 0) is 9.59 Å². The molecular formula is C9H12O5. The number of carbonyl (C=O) groups is 2. The highest BCUT2D eigenvalue weighted by atomic mass is 16.4. The lowest BCUT2D eigenvalue weighted by molar-refractivity contribution is -0.158. The minimum Gasteiger partial charge on any atom is -0.481 e. The highest BCUT2D eigenvalue weighted by Gasteiger charge is 2.58. The molecule has 5 heteroatoms. The molecule has 0 aliphatic heterocycles. The predicted octanol–water partition coefficient (Wildman–Crippen LogP) is -0.211. The van der Waals surface area contributed by atoms with Gasteiger partial charge in [0.2, 0.25) is 0 Å². The van der Waals surface area contributed by atoms with Crippen LogP contribution in [0, 0.1) is 23.7 Å². The summed E-state index contributed by atoms with van der Waals surface area (Å²) >= 11 is 0. The molecule has 5 atom stereocenters. The van der Waals surface area contributed by atoms with Gasteiger partial charge in [0, 0.05) is 0 Å². The highest BCUT2D eigenvalue weighted by Crippen LogP contribution is 2.52. The Balaban J connectivity index is 2.27. The van der Waals surface area contributed by atoms with Crippen LogP contribution in [0.15, 0.2) is 0 Å². The van der Waals surface area contributed by atoms with Gasteiger partial charge in [0.05, 0.1) is 17.9 Å². The number of hydrogen-bond acceptors (Lipinski definition) is 3. The lowest BCUT2D eigenvalue weighted by atomic mass is 9.78. The summed E-state index contributed by atoms with van der Waals surface area (Å²) in [7, 11) is 0. The zero-order valence-electron chi connectivity index (χ0n) is 7.46. The Morgan fingerprint density at radius 1 is 1.00 bits per heavy atom. The Morgan fingerprint density at radius 3 is 2.07 bits per heavy atom. The van der Waals surface area contributed by atoms with Gasteiger partial charge in [-0.2, -0.15) is 0 Å². The van der Waals surface area contributed by atoms with Crippen LogP contribution < -0.4 is 0 Å². The monoisotopic (exact) mass is 200 g/mol. The van der Waals surface area contributed by atoms with Crippen molar-refractivity contribution < 1.29 is 24.9 Å². The van der Waals surface area contributed by atoms with E-state index in [0.717, 1.165) is 0 Å². The Bertz CT molecular complexity index is 287. The Kier molecular flexibility index (Phi) is 1.99. The van der Waals surface area contributed by atoms with Crippen LogP contribution in [0.4, 0.5) is 0 Å². The molecule has 0 spiro atoms. The van der Waals surface area contributed by atoms with Crippen molar-refractivity contribution in [2.45, 2.75) is 18.9 Å². The van der Waals surface area contributed by atoms with Crippen molar-refractivity contribution in [2.75, 3.05) is 0 Å². The second-order valence-electron chi connectivity index (χ2n) is 4.19. The average Bonchev–Trinajstić information content (AvgIpc) is 2.58. The molecule has 0 saturated heterocycles. The minimum atomic E-state index is -1.09. The Labute approximate surface area is 80.4 Å². The molecule has 0 amide bonds. The Hall–Kier alpha value is -1.10. The molecule has 78 valence electrons. The standard InChI is InChI=1S/C9H12O5/c10-5-2-3-1-4(5)7(9(13)14)6(3)8(11)12/h3-7,10H,1-2H2,(H,11,12)(H,13,14)/t3-,4+,5-,6+,7-/m0/s1. The number of carboxylic acid groups (broad SMARTS) is 2. The Morgan fingerprint density at radius 2 is 1.57 bits per heavy atom. The van der Waals surface area contributed by atoms with Crippen LogP contribution in [0.2, 0.25) is 0 Å². The first-order valence-electron chi connectivity index (χ1n) is 4.66. The first kappa shape index (κ1) is 9.45. The number of aliphatic carboxylic acids is 2. The molecule has 2 bridgehead atoms. The van der Waals surface area contributed by atoms with E-state index in [4.69, 9.17) is 10.2 Å². The number of fused-ring (bicyclic) bond motifs is 2. The van der Waals surface area contributed by atoms with Crippen LogP contribution in [0.25, 0.3) is 0 Å². The van der Waals surface area contributed by atoms with E-state index in [0.29, 0.717) is 12.8 Å². The molecule has 0 radical (unpaired) electrons. The predicted molar refractivity (Wildman–Crippen MR) is 44.5 cm³/mol. The molecule has 0 heterocycles. The van der Waals surface area contributed by atoms with Gasteiger partial charge in [-0.05, 0) is 24.7 Å². The van der Waals surface area contributed by atoms with Gasteiger partial charge in [-0.25, -0.2) is 0 Å². The highest BCUT2D eigenvalue weighted by molar-refractivity contribution is 5.81. The summed E-state index contributed by atoms with van der Waals surface area (Å²) in [5, 5.41) is 27.3. The van der Waals surface area contributed by atoms with Gasteiger partial charge in [0.15, 0.2) is 0 Å². The molecule has 2 aliphatic rings. The van der Waals surface area contributed by atoms with Crippen LogP contribution in [0.3, 0.4) is 0 Å². The van der Waals surface area contributed by atoms with E-state index < -0.39 is 29.9 Å². The van der Waals surface area contributed by atoms with Crippen molar-refractivity contribution in [2.24, 2.45) is 23.7 Å². The van der Waals surface area contributed by atoms with Crippen molar-refractivity contribution in [3.8, 4) is 0 Å². The quantitative estimate of drug-likeness (QED) is 0.573. The fourth-order valence-corrected chi connectivity index (χ4v) is 3.02. The first-order chi connectivity index (χ1) is 6.52. The van der Waals surface area contributed by atoms with E-state index in [-0.39, 0.29) is 11.8 Å². The van der Waals surface area contributed by atoms with Crippen molar-refractivity contribution in [3.05, 3.63) is 0 Å². The lowest BCUT2D eigenvalue weighted by Gasteiger charge is -2.27. The number of aliphatic hydroxyl groups excluding tert-OH is 1. The smallest absolute Gasteiger partial charge is 0.307 e. The molecule has 2 rings (SSSR count). The van der Waals surface area contributed by atoms with E-state index in [9.17, 15) is 14.7 Å². The molecule has 0 aromatic rings. The zero-order valence-corrected chi connectivity index (χ0v) is 7.46. The van der Waals surface area contributed by atoms with Crippen LogP contribution in [0.1, 0.15) is 12.8 Å².